The average molecular weight is 466 g/mol. The maximum atomic E-state index is 6.21. The molecule has 0 atom stereocenters. The van der Waals surface area contributed by atoms with Crippen molar-refractivity contribution in [3.05, 3.63) is 94.6 Å². The lowest BCUT2D eigenvalue weighted by atomic mass is 10.1. The lowest BCUT2D eigenvalue weighted by Gasteiger charge is -2.21. The number of fused-ring (bicyclic) bond motifs is 2. The van der Waals surface area contributed by atoms with Gasteiger partial charge in [0.25, 0.3) is 0 Å². The van der Waals surface area contributed by atoms with Crippen LogP contribution in [0.4, 0.5) is 11.4 Å². The number of aryl methyl sites for hydroxylation is 2. The molecule has 2 aliphatic carbocycles. The number of pyridine rings is 1. The Kier molecular flexibility index (Phi) is 5.07. The predicted octanol–water partition coefficient (Wildman–Crippen LogP) is 6.60. The van der Waals surface area contributed by atoms with Gasteiger partial charge in [-0.1, -0.05) is 17.7 Å². The van der Waals surface area contributed by atoms with Gasteiger partial charge in [-0.25, -0.2) is 4.98 Å². The number of nitrogens with one attached hydrogen (secondary N) is 1. The quantitative estimate of drug-likeness (QED) is 0.304. The van der Waals surface area contributed by atoms with Gasteiger partial charge in [0.2, 0.25) is 0 Å². The molecule has 0 bridgehead atoms. The van der Waals surface area contributed by atoms with Crippen LogP contribution in [-0.4, -0.2) is 20.6 Å². The van der Waals surface area contributed by atoms with Crippen molar-refractivity contribution >= 4 is 34.0 Å². The van der Waals surface area contributed by atoms with E-state index in [1.165, 1.54) is 5.56 Å². The van der Waals surface area contributed by atoms with Gasteiger partial charge in [-0.2, -0.15) is 0 Å². The van der Waals surface area contributed by atoms with Crippen LogP contribution < -0.4 is 10.7 Å². The fraction of sp³-hybridized carbons (Fsp3) is 0.179. The first kappa shape index (κ1) is 20.9. The lowest BCUT2D eigenvalue weighted by Crippen LogP contribution is -2.16. The number of hydrogen-bond donors (Lipinski definition) is 1. The molecule has 2 aromatic carbocycles. The molecule has 1 N–H and O–H groups in total. The first-order valence-electron chi connectivity index (χ1n) is 11.5. The van der Waals surface area contributed by atoms with Gasteiger partial charge in [0.05, 0.1) is 50.9 Å². The minimum atomic E-state index is 0.382. The highest BCUT2D eigenvalue weighted by molar-refractivity contribution is 6.30. The molecule has 3 aliphatic rings. The third kappa shape index (κ3) is 3.93. The number of rotatable bonds is 4. The van der Waals surface area contributed by atoms with Crippen LogP contribution >= 0.6 is 11.6 Å². The summed E-state index contributed by atoms with van der Waals surface area (Å²) in [5, 5.41) is 5.22. The first-order chi connectivity index (χ1) is 16.5. The van der Waals surface area contributed by atoms with Crippen LogP contribution in [0.5, 0.6) is 0 Å². The molecule has 6 heteroatoms. The third-order valence-electron chi connectivity index (χ3n) is 6.18. The van der Waals surface area contributed by atoms with Gasteiger partial charge >= 0.3 is 0 Å². The van der Waals surface area contributed by atoms with Crippen LogP contribution in [0.3, 0.4) is 0 Å². The molecule has 168 valence electrons. The van der Waals surface area contributed by atoms with E-state index in [-0.39, 0.29) is 0 Å². The Hall–Kier alpha value is -3.70. The molecule has 2 heterocycles. The molecule has 1 saturated carbocycles. The van der Waals surface area contributed by atoms with Crippen molar-refractivity contribution in [1.82, 2.24) is 14.5 Å². The molecule has 1 aliphatic heterocycles. The molecule has 3 aromatic rings. The van der Waals surface area contributed by atoms with Crippen LogP contribution in [0.15, 0.2) is 77.9 Å². The maximum absolute atomic E-state index is 6.21. The van der Waals surface area contributed by atoms with E-state index in [0.717, 1.165) is 63.4 Å². The summed E-state index contributed by atoms with van der Waals surface area (Å²) in [6.07, 6.45) is 4.08. The largest absolute Gasteiger partial charge is 0.352 e. The lowest BCUT2D eigenvalue weighted by molar-refractivity contribution is 0.997. The Balaban J connectivity index is 1.66. The predicted molar refractivity (Wildman–Crippen MR) is 138 cm³/mol. The smallest absolute Gasteiger partial charge is 0.0900 e. The highest BCUT2D eigenvalue weighted by atomic mass is 35.5. The van der Waals surface area contributed by atoms with Crippen molar-refractivity contribution < 1.29 is 0 Å². The highest BCUT2D eigenvalue weighted by Crippen LogP contribution is 2.32. The average Bonchev–Trinajstić information content (AvgIpc) is 3.65. The van der Waals surface area contributed by atoms with Crippen LogP contribution in [-0.2, 0) is 0 Å². The summed E-state index contributed by atoms with van der Waals surface area (Å²) in [6.45, 7) is 4.11. The van der Waals surface area contributed by atoms with Crippen molar-refractivity contribution in [2.75, 3.05) is 5.32 Å². The summed E-state index contributed by atoms with van der Waals surface area (Å²) in [4.78, 5) is 14.5. The van der Waals surface area contributed by atoms with E-state index >= 15 is 0 Å². The Morgan fingerprint density at radius 2 is 1.79 bits per heavy atom. The molecular formula is C28H24ClN5. The van der Waals surface area contributed by atoms with Crippen molar-refractivity contribution in [1.29, 1.82) is 0 Å². The Labute approximate surface area is 203 Å². The summed E-state index contributed by atoms with van der Waals surface area (Å²) < 4.78 is 2.26. The SMILES string of the molecule is Cc1ccc2nc3cc(Nc4cccnc4C)c(=NC4CC4)cc-3n(-c3ccc(Cl)cc3)c2c1. The second kappa shape index (κ2) is 8.26. The van der Waals surface area contributed by atoms with E-state index in [1.54, 1.807) is 6.20 Å². The standard InChI is InChI=1S/C28H24ClN5/c1-17-5-12-23-27(14-17)34(21-10-6-19(29)7-11-21)28-16-25(31-20-8-9-20)24(15-26(28)33-23)32-22-4-3-13-30-18(22)2/h3-7,10-16,20,32H,8-9H2,1-2H3. The fourth-order valence-corrected chi connectivity index (χ4v) is 4.36. The second-order valence-corrected chi connectivity index (χ2v) is 9.33. The van der Waals surface area contributed by atoms with Crippen molar-refractivity contribution in [3.8, 4) is 17.1 Å². The zero-order chi connectivity index (χ0) is 23.2. The van der Waals surface area contributed by atoms with Gasteiger partial charge < -0.3 is 9.88 Å². The van der Waals surface area contributed by atoms with E-state index in [0.29, 0.717) is 11.1 Å². The molecular weight excluding hydrogens is 442 g/mol. The van der Waals surface area contributed by atoms with Crippen molar-refractivity contribution in [2.24, 2.45) is 4.99 Å². The maximum Gasteiger partial charge on any atom is 0.0900 e. The number of anilines is 2. The van der Waals surface area contributed by atoms with Crippen LogP contribution in [0.1, 0.15) is 24.1 Å². The molecule has 0 radical (unpaired) electrons. The van der Waals surface area contributed by atoms with Gasteiger partial charge in [0.1, 0.15) is 0 Å². The highest BCUT2D eigenvalue weighted by Gasteiger charge is 2.22. The van der Waals surface area contributed by atoms with Crippen molar-refractivity contribution in [3.63, 3.8) is 0 Å². The number of aromatic nitrogens is 3. The van der Waals surface area contributed by atoms with E-state index < -0.39 is 0 Å². The van der Waals surface area contributed by atoms with Crippen LogP contribution in [0, 0.1) is 13.8 Å². The summed E-state index contributed by atoms with van der Waals surface area (Å²) in [5.41, 5.74) is 8.96. The Morgan fingerprint density at radius 3 is 2.56 bits per heavy atom. The van der Waals surface area contributed by atoms with Gasteiger partial charge in [-0.05, 0) is 92.9 Å². The minimum absolute atomic E-state index is 0.382. The topological polar surface area (TPSA) is 55.1 Å². The zero-order valence-corrected chi connectivity index (χ0v) is 19.8. The molecule has 1 fully saturated rings. The molecule has 0 spiro atoms. The number of hydrogen-bond acceptors (Lipinski definition) is 4. The fourth-order valence-electron chi connectivity index (χ4n) is 4.24. The van der Waals surface area contributed by atoms with E-state index in [4.69, 9.17) is 21.6 Å². The summed E-state index contributed by atoms with van der Waals surface area (Å²) >= 11 is 6.21. The van der Waals surface area contributed by atoms with E-state index in [1.807, 2.05) is 43.3 Å². The summed E-state index contributed by atoms with van der Waals surface area (Å²) in [6, 6.07) is 22.9. The zero-order valence-electron chi connectivity index (χ0n) is 19.1. The first-order valence-corrected chi connectivity index (χ1v) is 11.9. The number of benzene rings is 3. The minimum Gasteiger partial charge on any atom is -0.352 e. The van der Waals surface area contributed by atoms with Crippen LogP contribution in [0.2, 0.25) is 5.02 Å². The third-order valence-corrected chi connectivity index (χ3v) is 6.43. The van der Waals surface area contributed by atoms with E-state index in [9.17, 15) is 0 Å². The monoisotopic (exact) mass is 465 g/mol. The molecule has 5 nitrogen and oxygen atoms in total. The molecule has 6 rings (SSSR count). The summed E-state index contributed by atoms with van der Waals surface area (Å²) in [7, 11) is 0. The molecule has 0 unspecified atom stereocenters. The normalized spacial score (nSPS) is 14.1. The van der Waals surface area contributed by atoms with Gasteiger partial charge in [-0.3, -0.25) is 9.98 Å². The van der Waals surface area contributed by atoms with Gasteiger partial charge in [-0.15, -0.1) is 0 Å². The Morgan fingerprint density at radius 1 is 0.971 bits per heavy atom. The Bertz CT molecular complexity index is 1560. The van der Waals surface area contributed by atoms with Gasteiger partial charge in [0.15, 0.2) is 0 Å². The molecule has 0 saturated heterocycles. The number of nitrogens with zero attached hydrogens (tertiary/aromatic N) is 4. The molecule has 34 heavy (non-hydrogen) atoms. The van der Waals surface area contributed by atoms with Gasteiger partial charge in [0, 0.05) is 16.9 Å². The summed E-state index contributed by atoms with van der Waals surface area (Å²) in [5.74, 6) is 0. The molecule has 0 amide bonds. The second-order valence-electron chi connectivity index (χ2n) is 8.90. The molecule has 1 aromatic heterocycles. The van der Waals surface area contributed by atoms with E-state index in [2.05, 4.69) is 52.1 Å². The van der Waals surface area contributed by atoms with Crippen molar-refractivity contribution in [2.45, 2.75) is 32.7 Å². The van der Waals surface area contributed by atoms with Crippen LogP contribution in [0.25, 0.3) is 28.1 Å². The number of halogens is 1.